The van der Waals surface area contributed by atoms with E-state index in [0.29, 0.717) is 22.0 Å². The summed E-state index contributed by atoms with van der Waals surface area (Å²) in [6, 6.07) is 4.04. The van der Waals surface area contributed by atoms with Crippen LogP contribution in [0.15, 0.2) is 23.1 Å². The molecule has 0 aliphatic carbocycles. The molecule has 23 heavy (non-hydrogen) atoms. The van der Waals surface area contributed by atoms with E-state index in [1.807, 2.05) is 0 Å². The summed E-state index contributed by atoms with van der Waals surface area (Å²) in [6.45, 7) is 1.36. The van der Waals surface area contributed by atoms with Gasteiger partial charge in [0.05, 0.1) is 31.1 Å². The van der Waals surface area contributed by atoms with E-state index in [4.69, 9.17) is 21.7 Å². The van der Waals surface area contributed by atoms with Crippen LogP contribution in [0.4, 0.5) is 0 Å². The lowest BCUT2D eigenvalue weighted by Gasteiger charge is -2.23. The van der Waals surface area contributed by atoms with Crippen LogP contribution in [0.2, 0.25) is 0 Å². The molecule has 6 nitrogen and oxygen atoms in total. The summed E-state index contributed by atoms with van der Waals surface area (Å²) in [4.78, 5) is 24.8. The Morgan fingerprint density at radius 2 is 2.09 bits per heavy atom. The monoisotopic (exact) mass is 352 g/mol. The molecule has 1 atom stereocenters. The molecule has 122 valence electrons. The summed E-state index contributed by atoms with van der Waals surface area (Å²) >= 11 is 6.13. The van der Waals surface area contributed by atoms with E-state index in [1.54, 1.807) is 24.3 Å². The summed E-state index contributed by atoms with van der Waals surface area (Å²) in [6.07, 6.45) is 1.60. The van der Waals surface area contributed by atoms with Crippen molar-refractivity contribution in [2.75, 3.05) is 14.2 Å². The van der Waals surface area contributed by atoms with Gasteiger partial charge in [-0.1, -0.05) is 24.0 Å². The fourth-order valence-corrected chi connectivity index (χ4v) is 3.42. The summed E-state index contributed by atoms with van der Waals surface area (Å²) < 4.78 is 10.6. The number of amides is 1. The highest BCUT2D eigenvalue weighted by molar-refractivity contribution is 8.26. The van der Waals surface area contributed by atoms with Gasteiger partial charge in [0.1, 0.15) is 15.8 Å². The molecule has 1 amide bonds. The van der Waals surface area contributed by atoms with Gasteiger partial charge in [0.15, 0.2) is 0 Å². The molecule has 0 radical (unpaired) electrons. The van der Waals surface area contributed by atoms with Crippen molar-refractivity contribution in [3.8, 4) is 11.5 Å². The minimum atomic E-state index is -1.36. The first-order valence-electron chi connectivity index (χ1n) is 6.59. The number of benzene rings is 1. The van der Waals surface area contributed by atoms with E-state index in [-0.39, 0.29) is 4.32 Å². The number of aliphatic carboxylic acids is 1. The van der Waals surface area contributed by atoms with Gasteiger partial charge >= 0.3 is 0 Å². The summed E-state index contributed by atoms with van der Waals surface area (Å²) in [5, 5.41) is 11.0. The van der Waals surface area contributed by atoms with Crippen molar-refractivity contribution in [3.63, 3.8) is 0 Å². The first-order chi connectivity index (χ1) is 10.9. The maximum absolute atomic E-state index is 12.4. The Balaban J connectivity index is 2.39. The van der Waals surface area contributed by atoms with Crippen molar-refractivity contribution in [1.29, 1.82) is 0 Å². The fraction of sp³-hybridized carbons (Fsp3) is 0.267. The Bertz CT molecular complexity index is 701. The molecule has 0 saturated carbocycles. The van der Waals surface area contributed by atoms with Gasteiger partial charge in [-0.2, -0.15) is 0 Å². The van der Waals surface area contributed by atoms with Crippen LogP contribution in [-0.4, -0.2) is 41.4 Å². The van der Waals surface area contributed by atoms with Crippen LogP contribution in [-0.2, 0) is 9.59 Å². The second-order valence-corrected chi connectivity index (χ2v) is 6.33. The van der Waals surface area contributed by atoms with Gasteiger partial charge < -0.3 is 19.4 Å². The van der Waals surface area contributed by atoms with Crippen LogP contribution in [0.3, 0.4) is 0 Å². The predicted molar refractivity (Wildman–Crippen MR) is 89.0 cm³/mol. The van der Waals surface area contributed by atoms with Crippen molar-refractivity contribution >= 4 is 46.3 Å². The summed E-state index contributed by atoms with van der Waals surface area (Å²) in [7, 11) is 3.05. The smallest absolute Gasteiger partial charge is 0.266 e. The van der Waals surface area contributed by atoms with Gasteiger partial charge in [0, 0.05) is 5.56 Å². The van der Waals surface area contributed by atoms with Gasteiger partial charge in [-0.25, -0.2) is 0 Å². The largest absolute Gasteiger partial charge is 0.548 e. The molecule has 0 unspecified atom stereocenters. The minimum absolute atomic E-state index is 0.180. The lowest BCUT2D eigenvalue weighted by atomic mass is 10.1. The molecule has 2 rings (SSSR count). The number of hydrogen-bond donors (Lipinski definition) is 0. The number of nitrogens with zero attached hydrogens (tertiary/aromatic N) is 1. The average Bonchev–Trinajstić information content (AvgIpc) is 2.80. The van der Waals surface area contributed by atoms with Crippen molar-refractivity contribution in [2.45, 2.75) is 13.0 Å². The van der Waals surface area contributed by atoms with Crippen LogP contribution in [0, 0.1) is 0 Å². The van der Waals surface area contributed by atoms with E-state index in [0.717, 1.165) is 16.7 Å². The molecule has 0 bridgehead atoms. The molecule has 1 aliphatic rings. The lowest BCUT2D eigenvalue weighted by molar-refractivity contribution is -0.309. The van der Waals surface area contributed by atoms with Crippen molar-refractivity contribution in [1.82, 2.24) is 4.90 Å². The number of methoxy groups -OCH3 is 2. The van der Waals surface area contributed by atoms with Crippen LogP contribution >= 0.6 is 24.0 Å². The Morgan fingerprint density at radius 3 is 2.65 bits per heavy atom. The Hall–Kier alpha value is -2.06. The molecular formula is C15H14NO5S2-. The fourth-order valence-electron chi connectivity index (χ4n) is 2.01. The number of carbonyl (C=O) groups excluding carboxylic acids is 2. The number of thiocarbonyl (C=S) groups is 1. The molecule has 0 spiro atoms. The normalized spacial score (nSPS) is 17.5. The van der Waals surface area contributed by atoms with Gasteiger partial charge in [-0.05, 0) is 31.2 Å². The van der Waals surface area contributed by atoms with E-state index in [9.17, 15) is 14.7 Å². The van der Waals surface area contributed by atoms with Gasteiger partial charge in [0.2, 0.25) is 0 Å². The Kier molecular flexibility index (Phi) is 5.27. The number of carboxylic acids is 1. The third kappa shape index (κ3) is 3.48. The van der Waals surface area contributed by atoms with Crippen LogP contribution in [0.5, 0.6) is 11.5 Å². The van der Waals surface area contributed by atoms with Crippen LogP contribution in [0.1, 0.15) is 12.5 Å². The topological polar surface area (TPSA) is 78.9 Å². The first-order valence-corrected chi connectivity index (χ1v) is 7.81. The number of thioether (sulfide) groups is 1. The maximum atomic E-state index is 12.4. The third-order valence-corrected chi connectivity index (χ3v) is 4.61. The highest BCUT2D eigenvalue weighted by Crippen LogP contribution is 2.36. The standard InChI is InChI=1S/C15H15NO5S2/c1-8(14(18)19)16-13(17)12(23-15(16)22)7-9-6-10(20-2)4-5-11(9)21-3/h4-8H,1-3H3,(H,18,19)/p-1/b12-7-/t8-/m0/s1. The van der Waals surface area contributed by atoms with Crippen molar-refractivity contribution in [2.24, 2.45) is 0 Å². The number of ether oxygens (including phenoxy) is 2. The highest BCUT2D eigenvalue weighted by atomic mass is 32.2. The number of carbonyl (C=O) groups is 2. The molecule has 1 fully saturated rings. The zero-order valence-corrected chi connectivity index (χ0v) is 14.3. The Morgan fingerprint density at radius 1 is 1.39 bits per heavy atom. The first kappa shape index (κ1) is 17.3. The van der Waals surface area contributed by atoms with E-state index >= 15 is 0 Å². The van der Waals surface area contributed by atoms with Gasteiger partial charge in [-0.3, -0.25) is 9.69 Å². The molecule has 0 aromatic heterocycles. The zero-order valence-electron chi connectivity index (χ0n) is 12.7. The maximum Gasteiger partial charge on any atom is 0.266 e. The number of carboxylic acid groups (broad SMARTS) is 1. The zero-order chi connectivity index (χ0) is 17.1. The molecule has 1 aromatic rings. The minimum Gasteiger partial charge on any atom is -0.548 e. The van der Waals surface area contributed by atoms with Crippen LogP contribution < -0.4 is 14.6 Å². The summed E-state index contributed by atoms with van der Waals surface area (Å²) in [5.74, 6) is -0.664. The molecule has 0 N–H and O–H groups in total. The Labute approximate surface area is 143 Å². The molecule has 1 aromatic carbocycles. The molecule has 1 saturated heterocycles. The number of rotatable bonds is 5. The lowest BCUT2D eigenvalue weighted by Crippen LogP contribution is -2.48. The predicted octanol–water partition coefficient (Wildman–Crippen LogP) is 1.04. The average molecular weight is 352 g/mol. The number of hydrogen-bond acceptors (Lipinski definition) is 7. The molecule has 1 heterocycles. The van der Waals surface area contributed by atoms with E-state index < -0.39 is 17.9 Å². The van der Waals surface area contributed by atoms with E-state index in [1.165, 1.54) is 21.1 Å². The quantitative estimate of drug-likeness (QED) is 0.579. The third-order valence-electron chi connectivity index (χ3n) is 3.28. The summed E-state index contributed by atoms with van der Waals surface area (Å²) in [5.41, 5.74) is 0.633. The van der Waals surface area contributed by atoms with Crippen LogP contribution in [0.25, 0.3) is 6.08 Å². The van der Waals surface area contributed by atoms with Gasteiger partial charge in [-0.15, -0.1) is 0 Å². The highest BCUT2D eigenvalue weighted by Gasteiger charge is 2.36. The van der Waals surface area contributed by atoms with Gasteiger partial charge in [0.25, 0.3) is 5.91 Å². The van der Waals surface area contributed by atoms with Crippen molar-refractivity contribution < 1.29 is 24.2 Å². The molecule has 1 aliphatic heterocycles. The SMILES string of the molecule is COc1ccc(OC)c(/C=C2\SC(=S)N([C@@H](C)C(=O)[O-])C2=O)c1. The molecular weight excluding hydrogens is 338 g/mol. The van der Waals surface area contributed by atoms with Crippen molar-refractivity contribution in [3.05, 3.63) is 28.7 Å². The second kappa shape index (κ2) is 7.01. The second-order valence-electron chi connectivity index (χ2n) is 4.65. The van der Waals surface area contributed by atoms with E-state index in [2.05, 4.69) is 0 Å². The molecule has 8 heteroatoms.